The van der Waals surface area contributed by atoms with Gasteiger partial charge in [0.25, 0.3) is 5.88 Å². The Bertz CT molecular complexity index is 1210. The summed E-state index contributed by atoms with van der Waals surface area (Å²) in [6.45, 7) is 6.76. The lowest BCUT2D eigenvalue weighted by atomic mass is 10.1. The predicted molar refractivity (Wildman–Crippen MR) is 132 cm³/mol. The summed E-state index contributed by atoms with van der Waals surface area (Å²) < 4.78 is 11.9. The molecule has 2 aliphatic carbocycles. The van der Waals surface area contributed by atoms with Crippen LogP contribution in [0.15, 0.2) is 16.5 Å². The Balaban J connectivity index is 1.56. The topological polar surface area (TPSA) is 146 Å². The largest absolute Gasteiger partial charge is 0.475 e. The van der Waals surface area contributed by atoms with E-state index in [9.17, 15) is 15.3 Å². The molecular weight excluding hydrogens is 450 g/mol. The molecule has 2 saturated carbocycles. The van der Waals surface area contributed by atoms with Crippen molar-refractivity contribution in [3.05, 3.63) is 23.5 Å². The van der Waals surface area contributed by atoms with Gasteiger partial charge >= 0.3 is 0 Å². The highest BCUT2D eigenvalue weighted by Gasteiger charge is 2.41. The third-order valence-electron chi connectivity index (χ3n) is 6.82. The van der Waals surface area contributed by atoms with Crippen LogP contribution in [0.1, 0.15) is 37.6 Å². The van der Waals surface area contributed by atoms with Crippen molar-refractivity contribution >= 4 is 22.7 Å². The molecule has 0 aromatic carbocycles. The first kappa shape index (κ1) is 23.8. The quantitative estimate of drug-likeness (QED) is 0.308. The number of nitrogens with one attached hydrogen (secondary N) is 2. The fraction of sp³-hybridized carbons (Fsp3) is 0.560. The van der Waals surface area contributed by atoms with E-state index in [1.165, 1.54) is 12.8 Å². The zero-order chi connectivity index (χ0) is 24.7. The van der Waals surface area contributed by atoms with Gasteiger partial charge < -0.3 is 35.1 Å². The number of aliphatic hydroxyl groups excluding tert-OH is 3. The molecule has 0 radical (unpaired) electrons. The third kappa shape index (κ3) is 4.78. The molecule has 35 heavy (non-hydrogen) atoms. The first-order valence-electron chi connectivity index (χ1n) is 12.3. The maximum absolute atomic E-state index is 10.6. The van der Waals surface area contributed by atoms with Crippen molar-refractivity contribution in [2.75, 3.05) is 30.4 Å². The maximum Gasteiger partial charge on any atom is 0.258 e. The minimum absolute atomic E-state index is 0.198. The van der Waals surface area contributed by atoms with Crippen LogP contribution >= 0.6 is 0 Å². The molecule has 0 spiro atoms. The van der Waals surface area contributed by atoms with E-state index in [1.807, 2.05) is 32.9 Å². The highest BCUT2D eigenvalue weighted by atomic mass is 16.5. The Morgan fingerprint density at radius 2 is 1.91 bits per heavy atom. The van der Waals surface area contributed by atoms with Gasteiger partial charge in [0.2, 0.25) is 5.95 Å². The summed E-state index contributed by atoms with van der Waals surface area (Å²) in [5, 5.41) is 38.0. The van der Waals surface area contributed by atoms with Crippen LogP contribution in [-0.4, -0.2) is 68.3 Å². The molecule has 2 aliphatic rings. The summed E-state index contributed by atoms with van der Waals surface area (Å²) in [4.78, 5) is 13.9. The Hall–Kier alpha value is -2.95. The number of fused-ring (bicyclic) bond motifs is 1. The van der Waals surface area contributed by atoms with Gasteiger partial charge in [0, 0.05) is 30.1 Å². The predicted octanol–water partition coefficient (Wildman–Crippen LogP) is 2.64. The van der Waals surface area contributed by atoms with Gasteiger partial charge in [-0.3, -0.25) is 0 Å². The van der Waals surface area contributed by atoms with Crippen molar-refractivity contribution in [2.45, 2.75) is 58.3 Å². The lowest BCUT2D eigenvalue weighted by molar-refractivity contribution is 0.00446. The Labute approximate surface area is 203 Å². The number of hydrogen-bond donors (Lipinski definition) is 5. The van der Waals surface area contributed by atoms with Crippen LogP contribution in [0.3, 0.4) is 0 Å². The summed E-state index contributed by atoms with van der Waals surface area (Å²) in [7, 11) is 0. The highest BCUT2D eigenvalue weighted by molar-refractivity contribution is 5.89. The Morgan fingerprint density at radius 3 is 2.60 bits per heavy atom. The summed E-state index contributed by atoms with van der Waals surface area (Å²) in [5.41, 5.74) is 2.73. The van der Waals surface area contributed by atoms with Gasteiger partial charge in [-0.25, -0.2) is 9.97 Å². The minimum Gasteiger partial charge on any atom is -0.475 e. The second kappa shape index (κ2) is 9.60. The van der Waals surface area contributed by atoms with Gasteiger partial charge in [-0.05, 0) is 58.1 Å². The van der Waals surface area contributed by atoms with Crippen molar-refractivity contribution in [3.8, 4) is 17.2 Å². The fourth-order valence-electron chi connectivity index (χ4n) is 4.74. The number of rotatable bonds is 9. The second-order valence-corrected chi connectivity index (χ2v) is 9.62. The van der Waals surface area contributed by atoms with Gasteiger partial charge in [0.1, 0.15) is 17.7 Å². The zero-order valence-electron chi connectivity index (χ0n) is 20.3. The van der Waals surface area contributed by atoms with Crippen molar-refractivity contribution in [1.29, 1.82) is 0 Å². The number of ether oxygens (including phenoxy) is 1. The van der Waals surface area contributed by atoms with E-state index in [1.54, 1.807) is 0 Å². The molecule has 10 nitrogen and oxygen atoms in total. The van der Waals surface area contributed by atoms with E-state index in [-0.39, 0.29) is 6.61 Å². The highest BCUT2D eigenvalue weighted by Crippen LogP contribution is 2.39. The maximum atomic E-state index is 10.6. The zero-order valence-corrected chi connectivity index (χ0v) is 20.3. The first-order chi connectivity index (χ1) is 16.9. The summed E-state index contributed by atoms with van der Waals surface area (Å²) >= 11 is 0. The molecule has 3 aromatic heterocycles. The lowest BCUT2D eigenvalue weighted by Crippen LogP contribution is -2.35. The van der Waals surface area contributed by atoms with Crippen LogP contribution in [0.25, 0.3) is 22.3 Å². The summed E-state index contributed by atoms with van der Waals surface area (Å²) in [6.07, 6.45) is 0.775. The Kier molecular flexibility index (Phi) is 6.52. The van der Waals surface area contributed by atoms with Crippen LogP contribution < -0.4 is 15.4 Å². The van der Waals surface area contributed by atoms with Gasteiger partial charge in [-0.2, -0.15) is 4.98 Å². The number of hydrogen-bond acceptors (Lipinski definition) is 10. The summed E-state index contributed by atoms with van der Waals surface area (Å²) in [5.74, 6) is 2.22. The van der Waals surface area contributed by atoms with Crippen LogP contribution in [0.5, 0.6) is 5.88 Å². The van der Waals surface area contributed by atoms with E-state index in [0.717, 1.165) is 17.6 Å². The number of furan rings is 1. The molecule has 188 valence electrons. The van der Waals surface area contributed by atoms with Crippen LogP contribution in [-0.2, 0) is 0 Å². The standard InChI is InChI=1S/C25H33N5O5/c1-4-34-24-22-15(7-12(2)27-24)9-18(35-22)19-13(3)28-25(26-10-14-5-6-14)30-23(19)29-17-8-16(11-31)20(32)21(17)33/h7,9,14,16-17,20-21,31-33H,4-6,8,10-11H2,1-3H3,(H2,26,28,29,30)/t16-,17-,20-,21+/m1/s1. The van der Waals surface area contributed by atoms with E-state index < -0.39 is 24.2 Å². The second-order valence-electron chi connectivity index (χ2n) is 9.62. The van der Waals surface area contributed by atoms with Crippen LogP contribution in [0, 0.1) is 25.7 Å². The van der Waals surface area contributed by atoms with E-state index in [0.29, 0.717) is 59.2 Å². The molecule has 0 aliphatic heterocycles. The van der Waals surface area contributed by atoms with Gasteiger partial charge in [0.15, 0.2) is 5.58 Å². The average Bonchev–Trinajstić information content (AvgIpc) is 3.50. The normalized spacial score (nSPS) is 24.2. The Morgan fingerprint density at radius 1 is 1.11 bits per heavy atom. The number of anilines is 2. The van der Waals surface area contributed by atoms with Crippen molar-refractivity contribution in [1.82, 2.24) is 15.0 Å². The lowest BCUT2D eigenvalue weighted by Gasteiger charge is -2.21. The molecule has 0 unspecified atom stereocenters. The molecule has 10 heteroatoms. The molecule has 0 saturated heterocycles. The smallest absolute Gasteiger partial charge is 0.258 e. The number of aryl methyl sites for hydroxylation is 2. The van der Waals surface area contributed by atoms with Crippen LogP contribution in [0.2, 0.25) is 0 Å². The fourth-order valence-corrected chi connectivity index (χ4v) is 4.74. The molecule has 2 fully saturated rings. The third-order valence-corrected chi connectivity index (χ3v) is 6.82. The monoisotopic (exact) mass is 483 g/mol. The SMILES string of the molecule is CCOc1nc(C)cc2cc(-c3c(C)nc(NCC4CC4)nc3N[C@@H]3C[C@H](CO)[C@@H](O)[C@H]3O)oc12. The number of nitrogens with zero attached hydrogens (tertiary/aromatic N) is 3. The van der Waals surface area contributed by atoms with E-state index >= 15 is 0 Å². The van der Waals surface area contributed by atoms with E-state index in [4.69, 9.17) is 14.1 Å². The molecule has 0 amide bonds. The van der Waals surface area contributed by atoms with Crippen LogP contribution in [0.4, 0.5) is 11.8 Å². The first-order valence-corrected chi connectivity index (χ1v) is 12.3. The van der Waals surface area contributed by atoms with Gasteiger partial charge in [-0.1, -0.05) is 0 Å². The molecule has 3 heterocycles. The molecule has 3 aromatic rings. The van der Waals surface area contributed by atoms with Crippen molar-refractivity contribution in [2.24, 2.45) is 11.8 Å². The number of aromatic nitrogens is 3. The number of pyridine rings is 1. The molecule has 5 rings (SSSR count). The molecule has 5 N–H and O–H groups in total. The molecule has 4 atom stereocenters. The van der Waals surface area contributed by atoms with Crippen molar-refractivity contribution in [3.63, 3.8) is 0 Å². The number of aliphatic hydroxyl groups is 3. The molecule has 0 bridgehead atoms. The van der Waals surface area contributed by atoms with E-state index in [2.05, 4.69) is 20.6 Å². The van der Waals surface area contributed by atoms with Crippen molar-refractivity contribution < 1.29 is 24.5 Å². The molecular formula is C25H33N5O5. The van der Waals surface area contributed by atoms with Gasteiger partial charge in [0.05, 0.1) is 30.0 Å². The summed E-state index contributed by atoms with van der Waals surface area (Å²) in [6, 6.07) is 3.36. The van der Waals surface area contributed by atoms with Gasteiger partial charge in [-0.15, -0.1) is 0 Å². The average molecular weight is 484 g/mol. The minimum atomic E-state index is -1.04.